The van der Waals surface area contributed by atoms with Crippen LogP contribution in [0.4, 0.5) is 0 Å². The van der Waals surface area contributed by atoms with Gasteiger partial charge in [-0.3, -0.25) is 0 Å². The Bertz CT molecular complexity index is 1210. The van der Waals surface area contributed by atoms with Gasteiger partial charge in [0.15, 0.2) is 0 Å². The second-order valence-corrected chi connectivity index (χ2v) is 6.48. The normalized spacial score (nSPS) is 11.5. The Kier molecular flexibility index (Phi) is 2.94. The van der Waals surface area contributed by atoms with Gasteiger partial charge in [0.25, 0.3) is 0 Å². The van der Waals surface area contributed by atoms with Gasteiger partial charge in [0.2, 0.25) is 5.71 Å². The highest BCUT2D eigenvalue weighted by Gasteiger charge is 2.17. The van der Waals surface area contributed by atoms with Gasteiger partial charge >= 0.3 is 0 Å². The fraction of sp³-hybridized carbons (Fsp3) is 0. The molecule has 0 radical (unpaired) electrons. The lowest BCUT2D eigenvalue weighted by Crippen LogP contribution is -1.83. The number of hydrogen-bond donors (Lipinski definition) is 0. The van der Waals surface area contributed by atoms with Crippen LogP contribution >= 0.6 is 15.9 Å². The number of aromatic nitrogens is 2. The molecule has 0 unspecified atom stereocenters. The molecule has 0 spiro atoms. The molecule has 0 atom stereocenters. The van der Waals surface area contributed by atoms with Crippen molar-refractivity contribution in [3.05, 3.63) is 71.5 Å². The first kappa shape index (κ1) is 13.7. The van der Waals surface area contributed by atoms with Crippen molar-refractivity contribution in [2.45, 2.75) is 0 Å². The smallest absolute Gasteiger partial charge is 0.247 e. The summed E-state index contributed by atoms with van der Waals surface area (Å²) in [6, 6.07) is 20.7. The zero-order chi connectivity index (χ0) is 16.1. The van der Waals surface area contributed by atoms with Gasteiger partial charge in [-0.1, -0.05) is 54.6 Å². The van der Waals surface area contributed by atoms with Crippen LogP contribution in [-0.2, 0) is 0 Å². The molecule has 3 nitrogen and oxygen atoms in total. The molecule has 0 N–H and O–H groups in total. The Hall–Kier alpha value is -2.72. The summed E-state index contributed by atoms with van der Waals surface area (Å²) in [5.74, 6) is 0. The number of furan rings is 1. The van der Waals surface area contributed by atoms with E-state index in [2.05, 4.69) is 56.2 Å². The van der Waals surface area contributed by atoms with Crippen LogP contribution < -0.4 is 0 Å². The molecule has 2 heterocycles. The molecule has 5 rings (SSSR count). The lowest BCUT2D eigenvalue weighted by molar-refractivity contribution is 0.653. The van der Waals surface area contributed by atoms with Crippen molar-refractivity contribution >= 4 is 48.9 Å². The number of fused-ring (bicyclic) bond motifs is 5. The summed E-state index contributed by atoms with van der Waals surface area (Å²) in [4.78, 5) is 8.99. The summed E-state index contributed by atoms with van der Waals surface area (Å²) >= 11 is 3.37. The Morgan fingerprint density at radius 1 is 0.917 bits per heavy atom. The van der Waals surface area contributed by atoms with Crippen LogP contribution in [-0.4, -0.2) is 9.97 Å². The van der Waals surface area contributed by atoms with Crippen molar-refractivity contribution in [1.29, 1.82) is 0 Å². The lowest BCUT2D eigenvalue weighted by atomic mass is 9.97. The number of halogens is 1. The first-order chi connectivity index (χ1) is 11.8. The van der Waals surface area contributed by atoms with Gasteiger partial charge in [0.1, 0.15) is 15.7 Å². The molecule has 114 valence electrons. The summed E-state index contributed by atoms with van der Waals surface area (Å²) in [5, 5.41) is 3.31. The van der Waals surface area contributed by atoms with Crippen LogP contribution in [0.15, 0.2) is 75.9 Å². The zero-order valence-electron chi connectivity index (χ0n) is 12.5. The Balaban J connectivity index is 2.04. The molecular weight excluding hydrogens is 364 g/mol. The summed E-state index contributed by atoms with van der Waals surface area (Å²) in [6.07, 6.45) is 1.71. The minimum absolute atomic E-state index is 0.549. The lowest BCUT2D eigenvalue weighted by Gasteiger charge is -2.06. The van der Waals surface area contributed by atoms with E-state index in [1.165, 1.54) is 0 Å². The van der Waals surface area contributed by atoms with E-state index < -0.39 is 0 Å². The number of rotatable bonds is 1. The van der Waals surface area contributed by atoms with E-state index in [1.54, 1.807) is 6.20 Å². The summed E-state index contributed by atoms with van der Waals surface area (Å²) in [7, 11) is 0. The maximum Gasteiger partial charge on any atom is 0.247 e. The second kappa shape index (κ2) is 5.14. The predicted molar refractivity (Wildman–Crippen MR) is 100.0 cm³/mol. The SMILES string of the molecule is Brc1cnc2c(n1)oc1c(-c3ccccc3)cc3ccccc3c12. The molecule has 0 fully saturated rings. The van der Waals surface area contributed by atoms with E-state index in [1.807, 2.05) is 30.3 Å². The van der Waals surface area contributed by atoms with Crippen LogP contribution in [0.25, 0.3) is 44.1 Å². The minimum Gasteiger partial charge on any atom is -0.436 e. The number of hydrogen-bond acceptors (Lipinski definition) is 3. The van der Waals surface area contributed by atoms with E-state index in [4.69, 9.17) is 4.42 Å². The van der Waals surface area contributed by atoms with E-state index in [0.29, 0.717) is 10.3 Å². The summed E-state index contributed by atoms with van der Waals surface area (Å²) in [6.45, 7) is 0. The van der Waals surface area contributed by atoms with Crippen molar-refractivity contribution in [3.8, 4) is 11.1 Å². The topological polar surface area (TPSA) is 38.9 Å². The van der Waals surface area contributed by atoms with Crippen molar-refractivity contribution in [1.82, 2.24) is 9.97 Å². The maximum absolute atomic E-state index is 6.12. The van der Waals surface area contributed by atoms with E-state index >= 15 is 0 Å². The summed E-state index contributed by atoms with van der Waals surface area (Å²) in [5.41, 5.74) is 4.34. The Labute approximate surface area is 146 Å². The van der Waals surface area contributed by atoms with Crippen molar-refractivity contribution < 1.29 is 4.42 Å². The van der Waals surface area contributed by atoms with Gasteiger partial charge in [-0.15, -0.1) is 0 Å². The predicted octanol–water partition coefficient (Wildman–Crippen LogP) is 5.96. The molecule has 4 heteroatoms. The van der Waals surface area contributed by atoms with E-state index in [9.17, 15) is 0 Å². The van der Waals surface area contributed by atoms with Crippen LogP contribution in [0.5, 0.6) is 0 Å². The third kappa shape index (κ3) is 1.96. The van der Waals surface area contributed by atoms with Crippen LogP contribution in [0.2, 0.25) is 0 Å². The molecule has 0 saturated heterocycles. The molecule has 0 aliphatic heterocycles. The molecule has 3 aromatic carbocycles. The third-order valence-corrected chi connectivity index (χ3v) is 4.62. The largest absolute Gasteiger partial charge is 0.436 e. The minimum atomic E-state index is 0.549. The standard InChI is InChI=1S/C20H11BrN2O/c21-16-11-22-18-17-14-9-5-4-8-13(14)10-15(12-6-2-1-3-7-12)19(17)24-20(18)23-16/h1-11H. The molecule has 5 aromatic rings. The highest BCUT2D eigenvalue weighted by molar-refractivity contribution is 9.10. The highest BCUT2D eigenvalue weighted by atomic mass is 79.9. The molecule has 2 aromatic heterocycles. The van der Waals surface area contributed by atoms with Crippen molar-refractivity contribution in [3.63, 3.8) is 0 Å². The van der Waals surface area contributed by atoms with Crippen molar-refractivity contribution in [2.24, 2.45) is 0 Å². The van der Waals surface area contributed by atoms with Gasteiger partial charge in [-0.25, -0.2) is 9.97 Å². The highest BCUT2D eigenvalue weighted by Crippen LogP contribution is 2.39. The molecule has 24 heavy (non-hydrogen) atoms. The van der Waals surface area contributed by atoms with Crippen LogP contribution in [0, 0.1) is 0 Å². The molecular formula is C20H11BrN2O. The molecule has 0 aliphatic carbocycles. The van der Waals surface area contributed by atoms with E-state index in [-0.39, 0.29) is 0 Å². The molecule has 0 aliphatic rings. The fourth-order valence-corrected chi connectivity index (χ4v) is 3.46. The zero-order valence-corrected chi connectivity index (χ0v) is 14.1. The first-order valence-corrected chi connectivity index (χ1v) is 8.42. The van der Waals surface area contributed by atoms with Gasteiger partial charge in [-0.05, 0) is 38.3 Å². The second-order valence-electron chi connectivity index (χ2n) is 5.66. The average Bonchev–Trinajstić information content (AvgIpc) is 3.00. The maximum atomic E-state index is 6.12. The number of nitrogens with zero attached hydrogens (tertiary/aromatic N) is 2. The van der Waals surface area contributed by atoms with Gasteiger partial charge in [0.05, 0.1) is 11.6 Å². The monoisotopic (exact) mass is 374 g/mol. The summed E-state index contributed by atoms with van der Waals surface area (Å²) < 4.78 is 6.79. The fourth-order valence-electron chi connectivity index (χ4n) is 3.19. The van der Waals surface area contributed by atoms with Gasteiger partial charge < -0.3 is 4.42 Å². The number of benzene rings is 3. The van der Waals surface area contributed by atoms with Crippen molar-refractivity contribution in [2.75, 3.05) is 0 Å². The van der Waals surface area contributed by atoms with Crippen LogP contribution in [0.1, 0.15) is 0 Å². The molecule has 0 saturated carbocycles. The Morgan fingerprint density at radius 3 is 2.58 bits per heavy atom. The molecule has 0 amide bonds. The third-order valence-electron chi connectivity index (χ3n) is 4.23. The van der Waals surface area contributed by atoms with Gasteiger partial charge in [0, 0.05) is 5.56 Å². The van der Waals surface area contributed by atoms with Crippen LogP contribution in [0.3, 0.4) is 0 Å². The van der Waals surface area contributed by atoms with E-state index in [0.717, 1.165) is 38.4 Å². The molecule has 0 bridgehead atoms. The Morgan fingerprint density at radius 2 is 1.71 bits per heavy atom. The first-order valence-electron chi connectivity index (χ1n) is 7.63. The quantitative estimate of drug-likeness (QED) is 0.363. The average molecular weight is 375 g/mol. The van der Waals surface area contributed by atoms with Gasteiger partial charge in [-0.2, -0.15) is 0 Å².